The Morgan fingerprint density at radius 2 is 2.08 bits per heavy atom. The lowest BCUT2D eigenvalue weighted by molar-refractivity contribution is -0.136. The van der Waals surface area contributed by atoms with E-state index in [1.807, 2.05) is 17.0 Å². The first kappa shape index (κ1) is 18.1. The Kier molecular flexibility index (Phi) is 5.25. The minimum absolute atomic E-state index is 0.259. The van der Waals surface area contributed by atoms with Crippen LogP contribution in [0, 0.1) is 5.41 Å². The molecule has 1 aromatic rings. The van der Waals surface area contributed by atoms with Gasteiger partial charge in [-0.2, -0.15) is 0 Å². The molecular weight excluding hydrogens is 316 g/mol. The normalized spacial score (nSPS) is 22.7. The minimum Gasteiger partial charge on any atom is -0.388 e. The van der Waals surface area contributed by atoms with Crippen molar-refractivity contribution in [2.75, 3.05) is 40.3 Å². The van der Waals surface area contributed by atoms with Gasteiger partial charge in [0.15, 0.2) is 5.78 Å². The lowest BCUT2D eigenvalue weighted by atomic mass is 9.70. The smallest absolute Gasteiger partial charge is 0.229 e. The van der Waals surface area contributed by atoms with Gasteiger partial charge < -0.3 is 14.9 Å². The van der Waals surface area contributed by atoms with Gasteiger partial charge in [-0.15, -0.1) is 0 Å². The molecule has 136 valence electrons. The molecule has 1 aliphatic heterocycles. The molecule has 1 aliphatic carbocycles. The zero-order valence-corrected chi connectivity index (χ0v) is 15.3. The van der Waals surface area contributed by atoms with Crippen molar-refractivity contribution in [1.82, 2.24) is 9.80 Å². The van der Waals surface area contributed by atoms with E-state index in [1.165, 1.54) is 5.56 Å². The highest BCUT2D eigenvalue weighted by atomic mass is 16.3. The van der Waals surface area contributed by atoms with Crippen LogP contribution in [0.15, 0.2) is 18.2 Å². The summed E-state index contributed by atoms with van der Waals surface area (Å²) in [7, 11) is 4.10. The van der Waals surface area contributed by atoms with Crippen LogP contribution in [-0.4, -0.2) is 66.9 Å². The van der Waals surface area contributed by atoms with Crippen LogP contribution in [0.1, 0.15) is 40.7 Å². The van der Waals surface area contributed by atoms with E-state index in [4.69, 9.17) is 5.11 Å². The monoisotopic (exact) mass is 344 g/mol. The minimum atomic E-state index is -0.470. The number of aliphatic hydroxyl groups is 1. The van der Waals surface area contributed by atoms with Gasteiger partial charge in [0.05, 0.1) is 5.41 Å². The number of Topliss-reactive ketones (excluding diaryl/α,β-unsaturated/α-hetero) is 1. The number of rotatable bonds is 6. The first-order valence-electron chi connectivity index (χ1n) is 9.15. The van der Waals surface area contributed by atoms with E-state index >= 15 is 0 Å². The molecule has 1 atom stereocenters. The van der Waals surface area contributed by atoms with Crippen LogP contribution in [0.4, 0.5) is 0 Å². The molecule has 1 fully saturated rings. The summed E-state index contributed by atoms with van der Waals surface area (Å²) < 4.78 is 0. The van der Waals surface area contributed by atoms with Gasteiger partial charge in [-0.25, -0.2) is 0 Å². The first-order chi connectivity index (χ1) is 11.9. The van der Waals surface area contributed by atoms with Crippen LogP contribution < -0.4 is 0 Å². The number of ketones is 1. The van der Waals surface area contributed by atoms with Crippen LogP contribution in [0.2, 0.25) is 0 Å². The van der Waals surface area contributed by atoms with Crippen molar-refractivity contribution in [3.05, 3.63) is 34.9 Å². The highest BCUT2D eigenvalue weighted by Crippen LogP contribution is 2.43. The lowest BCUT2D eigenvalue weighted by Gasteiger charge is -2.33. The summed E-state index contributed by atoms with van der Waals surface area (Å²) in [6.45, 7) is 2.19. The van der Waals surface area contributed by atoms with Crippen molar-refractivity contribution in [2.24, 2.45) is 5.41 Å². The number of fused-ring (bicyclic) bond motifs is 1. The third kappa shape index (κ3) is 3.62. The number of hydrogen-bond donors (Lipinski definition) is 1. The molecule has 2 aliphatic rings. The van der Waals surface area contributed by atoms with E-state index in [0.717, 1.165) is 57.3 Å². The van der Waals surface area contributed by atoms with Crippen LogP contribution in [0.3, 0.4) is 0 Å². The van der Waals surface area contributed by atoms with Crippen molar-refractivity contribution in [2.45, 2.75) is 32.1 Å². The third-order valence-corrected chi connectivity index (χ3v) is 5.71. The summed E-state index contributed by atoms with van der Waals surface area (Å²) in [5.41, 5.74) is 2.60. The number of aryl methyl sites for hydroxylation is 1. The molecule has 0 bridgehead atoms. The highest BCUT2D eigenvalue weighted by molar-refractivity contribution is 5.97. The number of carbonyl (C=O) groups is 2. The van der Waals surface area contributed by atoms with E-state index < -0.39 is 6.61 Å². The van der Waals surface area contributed by atoms with Crippen LogP contribution in [0.5, 0.6) is 0 Å². The Morgan fingerprint density at radius 3 is 2.80 bits per heavy atom. The average Bonchev–Trinajstić information content (AvgIpc) is 2.89. The zero-order chi connectivity index (χ0) is 18.0. The van der Waals surface area contributed by atoms with Crippen molar-refractivity contribution >= 4 is 11.7 Å². The molecule has 1 N–H and O–H groups in total. The van der Waals surface area contributed by atoms with E-state index in [0.29, 0.717) is 5.56 Å². The van der Waals surface area contributed by atoms with Crippen LogP contribution >= 0.6 is 0 Å². The second kappa shape index (κ2) is 7.26. The number of amides is 1. The first-order valence-corrected chi connectivity index (χ1v) is 9.15. The second-order valence-corrected chi connectivity index (χ2v) is 7.72. The van der Waals surface area contributed by atoms with Gasteiger partial charge in [0.2, 0.25) is 5.91 Å². The molecule has 5 nitrogen and oxygen atoms in total. The Balaban J connectivity index is 1.73. The summed E-state index contributed by atoms with van der Waals surface area (Å²) in [6, 6.07) is 5.66. The molecule has 0 aromatic heterocycles. The average molecular weight is 344 g/mol. The molecule has 1 amide bonds. The summed E-state index contributed by atoms with van der Waals surface area (Å²) in [5, 5.41) is 9.08. The Bertz CT molecular complexity index is 671. The summed E-state index contributed by atoms with van der Waals surface area (Å²) in [4.78, 5) is 29.0. The zero-order valence-electron chi connectivity index (χ0n) is 15.3. The summed E-state index contributed by atoms with van der Waals surface area (Å²) in [6.07, 6.45) is 4.42. The predicted molar refractivity (Wildman–Crippen MR) is 96.7 cm³/mol. The predicted octanol–water partition coefficient (Wildman–Crippen LogP) is 1.52. The maximum absolute atomic E-state index is 13.0. The summed E-state index contributed by atoms with van der Waals surface area (Å²) >= 11 is 0. The standard InChI is InChI=1S/C20H28N2O3/c1-21(2)9-3-10-22-11-8-20(19(22)25)7-6-15-4-5-16(18(24)14-23)12-17(15)13-20/h4-5,12,23H,3,6-11,13-14H2,1-2H3. The molecular formula is C20H28N2O3. The maximum Gasteiger partial charge on any atom is 0.229 e. The third-order valence-electron chi connectivity index (χ3n) is 5.71. The number of benzene rings is 1. The summed E-state index contributed by atoms with van der Waals surface area (Å²) in [5.74, 6) is 0.0290. The Labute approximate surface area is 149 Å². The number of aliphatic hydroxyl groups excluding tert-OH is 1. The molecule has 0 saturated carbocycles. The largest absolute Gasteiger partial charge is 0.388 e. The van der Waals surface area contributed by atoms with Crippen LogP contribution in [-0.2, 0) is 17.6 Å². The van der Waals surface area contributed by atoms with Gasteiger partial charge in [0.1, 0.15) is 6.61 Å². The van der Waals surface area contributed by atoms with E-state index in [-0.39, 0.29) is 17.1 Å². The van der Waals surface area contributed by atoms with Crippen LogP contribution in [0.25, 0.3) is 0 Å². The van der Waals surface area contributed by atoms with Gasteiger partial charge in [-0.05, 0) is 69.9 Å². The van der Waals surface area contributed by atoms with Crippen molar-refractivity contribution < 1.29 is 14.7 Å². The van der Waals surface area contributed by atoms with Gasteiger partial charge in [0, 0.05) is 18.7 Å². The molecule has 3 rings (SSSR count). The topological polar surface area (TPSA) is 60.9 Å². The van der Waals surface area contributed by atoms with E-state index in [2.05, 4.69) is 19.0 Å². The molecule has 0 radical (unpaired) electrons. The molecule has 1 spiro atoms. The number of likely N-dealkylation sites (tertiary alicyclic amines) is 1. The van der Waals surface area contributed by atoms with E-state index in [9.17, 15) is 9.59 Å². The van der Waals surface area contributed by atoms with Crippen molar-refractivity contribution in [3.8, 4) is 0 Å². The number of nitrogens with zero attached hydrogens (tertiary/aromatic N) is 2. The molecule has 1 aromatic carbocycles. The number of carbonyl (C=O) groups excluding carboxylic acids is 2. The molecule has 5 heteroatoms. The maximum atomic E-state index is 13.0. The second-order valence-electron chi connectivity index (χ2n) is 7.72. The van der Waals surface area contributed by atoms with E-state index in [1.54, 1.807) is 6.07 Å². The fraction of sp³-hybridized carbons (Fsp3) is 0.600. The molecule has 1 unspecified atom stereocenters. The Morgan fingerprint density at radius 1 is 1.28 bits per heavy atom. The SMILES string of the molecule is CN(C)CCCN1CCC2(CCc3ccc(C(=O)CO)cc3C2)C1=O. The Hall–Kier alpha value is -1.72. The van der Waals surface area contributed by atoms with Gasteiger partial charge in [-0.3, -0.25) is 9.59 Å². The molecule has 25 heavy (non-hydrogen) atoms. The van der Waals surface area contributed by atoms with Crippen molar-refractivity contribution in [3.63, 3.8) is 0 Å². The quantitative estimate of drug-likeness (QED) is 0.795. The molecule has 1 saturated heterocycles. The fourth-order valence-electron chi connectivity index (χ4n) is 4.21. The van der Waals surface area contributed by atoms with Crippen molar-refractivity contribution in [1.29, 1.82) is 0 Å². The molecule has 1 heterocycles. The van der Waals surface area contributed by atoms with Gasteiger partial charge in [0.25, 0.3) is 0 Å². The van der Waals surface area contributed by atoms with Gasteiger partial charge in [-0.1, -0.05) is 12.1 Å². The number of hydrogen-bond acceptors (Lipinski definition) is 4. The highest BCUT2D eigenvalue weighted by Gasteiger charge is 2.47. The van der Waals surface area contributed by atoms with Gasteiger partial charge >= 0.3 is 0 Å². The lowest BCUT2D eigenvalue weighted by Crippen LogP contribution is -2.39. The fourth-order valence-corrected chi connectivity index (χ4v) is 4.21.